The number of nitrogens with zero attached hydrogens (tertiary/aromatic N) is 1. The standard InChI is InChI=1S/C15H22FNO3S/c1-12(2)20-9-10-21(18,19)17-8-7-13(11-17)14-5-3-4-6-15(14)16/h3-6,12-13H,7-11H2,1-2H3. The normalized spacial score (nSPS) is 20.3. The predicted molar refractivity (Wildman–Crippen MR) is 80.2 cm³/mol. The van der Waals surface area contributed by atoms with Gasteiger partial charge in [-0.15, -0.1) is 0 Å². The molecule has 0 aliphatic carbocycles. The maximum absolute atomic E-state index is 13.8. The fraction of sp³-hybridized carbons (Fsp3) is 0.600. The number of ether oxygens (including phenoxy) is 1. The van der Waals surface area contributed by atoms with Crippen LogP contribution in [0.15, 0.2) is 24.3 Å². The van der Waals surface area contributed by atoms with Gasteiger partial charge in [-0.2, -0.15) is 0 Å². The van der Waals surface area contributed by atoms with Crippen molar-refractivity contribution < 1.29 is 17.5 Å². The van der Waals surface area contributed by atoms with Crippen molar-refractivity contribution in [1.82, 2.24) is 4.31 Å². The van der Waals surface area contributed by atoms with Crippen LogP contribution in [0.1, 0.15) is 31.7 Å². The van der Waals surface area contributed by atoms with E-state index in [1.807, 2.05) is 13.8 Å². The first-order valence-corrected chi connectivity index (χ1v) is 8.85. The quantitative estimate of drug-likeness (QED) is 0.809. The molecule has 0 saturated carbocycles. The molecule has 1 unspecified atom stereocenters. The van der Waals surface area contributed by atoms with Crippen molar-refractivity contribution in [2.24, 2.45) is 0 Å². The van der Waals surface area contributed by atoms with E-state index in [1.54, 1.807) is 18.2 Å². The Balaban J connectivity index is 1.97. The summed E-state index contributed by atoms with van der Waals surface area (Å²) in [6.45, 7) is 4.74. The molecule has 1 atom stereocenters. The molecule has 1 aliphatic heterocycles. The summed E-state index contributed by atoms with van der Waals surface area (Å²) in [4.78, 5) is 0. The Hall–Kier alpha value is -0.980. The molecule has 0 aromatic heterocycles. The first-order chi connectivity index (χ1) is 9.90. The first-order valence-electron chi connectivity index (χ1n) is 7.24. The molecule has 21 heavy (non-hydrogen) atoms. The fourth-order valence-corrected chi connectivity index (χ4v) is 3.91. The smallest absolute Gasteiger partial charge is 0.216 e. The molecule has 1 saturated heterocycles. The van der Waals surface area contributed by atoms with Gasteiger partial charge in [-0.1, -0.05) is 18.2 Å². The second kappa shape index (κ2) is 6.85. The summed E-state index contributed by atoms with van der Waals surface area (Å²) in [7, 11) is -3.32. The monoisotopic (exact) mass is 315 g/mol. The Morgan fingerprint density at radius 1 is 1.38 bits per heavy atom. The van der Waals surface area contributed by atoms with Gasteiger partial charge in [0.15, 0.2) is 0 Å². The Bertz CT molecular complexity index is 574. The number of hydrogen-bond donors (Lipinski definition) is 0. The molecule has 118 valence electrons. The van der Waals surface area contributed by atoms with E-state index < -0.39 is 10.0 Å². The van der Waals surface area contributed by atoms with Crippen LogP contribution >= 0.6 is 0 Å². The second-order valence-corrected chi connectivity index (χ2v) is 7.69. The van der Waals surface area contributed by atoms with E-state index >= 15 is 0 Å². The van der Waals surface area contributed by atoms with E-state index in [0.29, 0.717) is 25.1 Å². The molecule has 0 spiro atoms. The van der Waals surface area contributed by atoms with Crippen molar-refractivity contribution in [2.45, 2.75) is 32.3 Å². The lowest BCUT2D eigenvalue weighted by Crippen LogP contribution is -2.32. The van der Waals surface area contributed by atoms with E-state index in [9.17, 15) is 12.8 Å². The molecule has 1 aromatic carbocycles. The zero-order chi connectivity index (χ0) is 15.5. The third-order valence-corrected chi connectivity index (χ3v) is 5.48. The average Bonchev–Trinajstić information content (AvgIpc) is 2.88. The predicted octanol–water partition coefficient (Wildman–Crippen LogP) is 2.37. The molecule has 6 heteroatoms. The summed E-state index contributed by atoms with van der Waals surface area (Å²) < 4.78 is 45.0. The Kier molecular flexibility index (Phi) is 5.35. The van der Waals surface area contributed by atoms with Crippen LogP contribution in [-0.4, -0.2) is 44.3 Å². The summed E-state index contributed by atoms with van der Waals surface area (Å²) >= 11 is 0. The number of rotatable bonds is 6. The highest BCUT2D eigenvalue weighted by Gasteiger charge is 2.32. The summed E-state index contributed by atoms with van der Waals surface area (Å²) in [6.07, 6.45) is 0.676. The van der Waals surface area contributed by atoms with Gasteiger partial charge in [-0.25, -0.2) is 17.1 Å². The highest BCUT2D eigenvalue weighted by atomic mass is 32.2. The van der Waals surface area contributed by atoms with E-state index in [1.165, 1.54) is 10.4 Å². The lowest BCUT2D eigenvalue weighted by molar-refractivity contribution is 0.0907. The highest BCUT2D eigenvalue weighted by Crippen LogP contribution is 2.30. The largest absolute Gasteiger partial charge is 0.378 e. The lowest BCUT2D eigenvalue weighted by Gasteiger charge is -2.17. The maximum Gasteiger partial charge on any atom is 0.216 e. The zero-order valence-electron chi connectivity index (χ0n) is 12.5. The number of sulfonamides is 1. The van der Waals surface area contributed by atoms with Gasteiger partial charge in [0.1, 0.15) is 5.82 Å². The minimum Gasteiger partial charge on any atom is -0.378 e. The van der Waals surface area contributed by atoms with E-state index in [0.717, 1.165) is 0 Å². The summed E-state index contributed by atoms with van der Waals surface area (Å²) in [5.41, 5.74) is 0.605. The number of benzene rings is 1. The van der Waals surface area contributed by atoms with Crippen LogP contribution < -0.4 is 0 Å². The van der Waals surface area contributed by atoms with Gasteiger partial charge in [0, 0.05) is 19.0 Å². The molecule has 1 aliphatic rings. The van der Waals surface area contributed by atoms with Gasteiger partial charge in [0.05, 0.1) is 18.5 Å². The van der Waals surface area contributed by atoms with Gasteiger partial charge in [0.25, 0.3) is 0 Å². The summed E-state index contributed by atoms with van der Waals surface area (Å²) in [5, 5.41) is 0. The van der Waals surface area contributed by atoms with Crippen molar-refractivity contribution in [1.29, 1.82) is 0 Å². The van der Waals surface area contributed by atoms with Gasteiger partial charge in [-0.3, -0.25) is 0 Å². The van der Waals surface area contributed by atoms with Crippen molar-refractivity contribution in [3.05, 3.63) is 35.6 Å². The van der Waals surface area contributed by atoms with Gasteiger partial charge >= 0.3 is 0 Å². The molecule has 1 heterocycles. The third kappa shape index (κ3) is 4.25. The van der Waals surface area contributed by atoms with E-state index in [2.05, 4.69) is 0 Å². The van der Waals surface area contributed by atoms with Crippen molar-refractivity contribution in [3.8, 4) is 0 Å². The van der Waals surface area contributed by atoms with Crippen LogP contribution in [0.2, 0.25) is 0 Å². The topological polar surface area (TPSA) is 46.6 Å². The van der Waals surface area contributed by atoms with Gasteiger partial charge < -0.3 is 4.74 Å². The number of hydrogen-bond acceptors (Lipinski definition) is 3. The Morgan fingerprint density at radius 2 is 2.10 bits per heavy atom. The molecule has 2 rings (SSSR count). The zero-order valence-corrected chi connectivity index (χ0v) is 13.3. The molecular formula is C15H22FNO3S. The molecule has 0 N–H and O–H groups in total. The highest BCUT2D eigenvalue weighted by molar-refractivity contribution is 7.89. The Morgan fingerprint density at radius 3 is 2.76 bits per heavy atom. The van der Waals surface area contributed by atoms with Gasteiger partial charge in [0.2, 0.25) is 10.0 Å². The van der Waals surface area contributed by atoms with Crippen LogP contribution in [0, 0.1) is 5.82 Å². The van der Waals surface area contributed by atoms with Crippen LogP contribution in [0.4, 0.5) is 4.39 Å². The maximum atomic E-state index is 13.8. The van der Waals surface area contributed by atoms with Gasteiger partial charge in [-0.05, 0) is 31.9 Å². The minimum absolute atomic E-state index is 0.0185. The molecule has 1 aromatic rings. The van der Waals surface area contributed by atoms with Crippen LogP contribution in [0.25, 0.3) is 0 Å². The molecule has 0 amide bonds. The van der Waals surface area contributed by atoms with Crippen LogP contribution in [0.5, 0.6) is 0 Å². The summed E-state index contributed by atoms with van der Waals surface area (Å²) in [6, 6.07) is 6.58. The van der Waals surface area contributed by atoms with Crippen LogP contribution in [-0.2, 0) is 14.8 Å². The Labute approximate surface area is 126 Å². The van der Waals surface area contributed by atoms with E-state index in [4.69, 9.17) is 4.74 Å². The third-order valence-electron chi connectivity index (χ3n) is 3.68. The number of halogens is 1. The SMILES string of the molecule is CC(C)OCCS(=O)(=O)N1CCC(c2ccccc2F)C1. The minimum atomic E-state index is -3.32. The van der Waals surface area contributed by atoms with E-state index in [-0.39, 0.29) is 30.2 Å². The summed E-state index contributed by atoms with van der Waals surface area (Å²) in [5.74, 6) is -0.341. The molecular weight excluding hydrogens is 293 g/mol. The molecule has 0 radical (unpaired) electrons. The average molecular weight is 315 g/mol. The van der Waals surface area contributed by atoms with Crippen LogP contribution in [0.3, 0.4) is 0 Å². The van der Waals surface area contributed by atoms with Crippen molar-refractivity contribution in [3.63, 3.8) is 0 Å². The molecule has 1 fully saturated rings. The second-order valence-electron chi connectivity index (χ2n) is 5.60. The van der Waals surface area contributed by atoms with Crippen molar-refractivity contribution >= 4 is 10.0 Å². The van der Waals surface area contributed by atoms with Crippen molar-refractivity contribution in [2.75, 3.05) is 25.4 Å². The molecule has 0 bridgehead atoms. The lowest BCUT2D eigenvalue weighted by atomic mass is 9.98. The first kappa shape index (κ1) is 16.4. The molecule has 4 nitrogen and oxygen atoms in total. The fourth-order valence-electron chi connectivity index (χ4n) is 2.56.